The molecule has 2 aliphatic rings. The molecular weight excluding hydrogens is 426 g/mol. The lowest BCUT2D eigenvalue weighted by Crippen LogP contribution is -2.80. The first kappa shape index (κ1) is 23.0. The first-order valence-corrected chi connectivity index (χ1v) is 9.43. The number of β-lactam (4-membered cyclic amide) rings is 1. The Kier molecular flexibility index (Phi) is 6.92. The number of hydrogen-bond donors (Lipinski definition) is 4. The van der Waals surface area contributed by atoms with Gasteiger partial charge in [0.05, 0.1) is 5.57 Å². The predicted octanol–water partition coefficient (Wildman–Crippen LogP) is -0.282. The van der Waals surface area contributed by atoms with Gasteiger partial charge in [0.2, 0.25) is 5.91 Å². The Morgan fingerprint density at radius 3 is 2.53 bits per heavy atom. The average Bonchev–Trinajstić information content (AvgIpc) is 2.69. The number of amides is 2. The number of carbonyl (C=O) groups excluding carboxylic acids is 2. The summed E-state index contributed by atoms with van der Waals surface area (Å²) in [6.07, 6.45) is -0.303. The van der Waals surface area contributed by atoms with Crippen LogP contribution in [0.25, 0.3) is 10.4 Å². The van der Waals surface area contributed by atoms with Gasteiger partial charge in [-0.25, -0.2) is 9.59 Å². The Morgan fingerprint density at radius 2 is 2.03 bits per heavy atom. The van der Waals surface area contributed by atoms with Crippen molar-refractivity contribution in [3.8, 4) is 0 Å². The first-order chi connectivity index (χ1) is 14.1. The number of azide groups is 1. The molecule has 0 radical (unpaired) electrons. The predicted molar refractivity (Wildman–Crippen MR) is 97.7 cm³/mol. The quantitative estimate of drug-likeness (QED) is 0.114. The highest BCUT2D eigenvalue weighted by molar-refractivity contribution is 8.00. The minimum absolute atomic E-state index is 0.0285. The molecule has 2 rings (SSSR count). The van der Waals surface area contributed by atoms with Gasteiger partial charge in [0.25, 0.3) is 11.6 Å². The summed E-state index contributed by atoms with van der Waals surface area (Å²) in [5.74, 6) is -6.26. The zero-order chi connectivity index (χ0) is 22.6. The molecule has 15 heteroatoms. The van der Waals surface area contributed by atoms with E-state index in [2.05, 4.69) is 15.3 Å². The van der Waals surface area contributed by atoms with E-state index in [1.165, 1.54) is 0 Å². The Hall–Kier alpha value is -3.29. The molecule has 2 aliphatic heterocycles. The average molecular weight is 443 g/mol. The van der Waals surface area contributed by atoms with Gasteiger partial charge in [-0.05, 0) is 18.4 Å². The van der Waals surface area contributed by atoms with E-state index in [1.807, 2.05) is 0 Å². The van der Waals surface area contributed by atoms with Gasteiger partial charge in [-0.15, -0.1) is 11.8 Å². The largest absolute Gasteiger partial charge is 0.481 e. The molecule has 0 aromatic rings. The van der Waals surface area contributed by atoms with Crippen molar-refractivity contribution < 1.29 is 44.0 Å². The fraction of sp³-hybridized carbons (Fsp3) is 0.533. The summed E-state index contributed by atoms with van der Waals surface area (Å²) in [6, 6.07) is -1.34. The zero-order valence-corrected chi connectivity index (χ0v) is 16.3. The number of ether oxygens (including phenoxy) is 1. The maximum atomic E-state index is 12.7. The van der Waals surface area contributed by atoms with Crippen molar-refractivity contribution in [2.24, 2.45) is 5.11 Å². The molecule has 1 saturated heterocycles. The van der Waals surface area contributed by atoms with Crippen LogP contribution in [0.15, 0.2) is 16.4 Å². The second-order valence-electron chi connectivity index (χ2n) is 6.22. The molecule has 0 bridgehead atoms. The summed E-state index contributed by atoms with van der Waals surface area (Å²) in [5, 5.41) is 31.9. The lowest BCUT2D eigenvalue weighted by atomic mass is 9.97. The number of thioether (sulfide) groups is 1. The van der Waals surface area contributed by atoms with E-state index in [9.17, 15) is 34.2 Å². The van der Waals surface area contributed by atoms with E-state index in [0.29, 0.717) is 0 Å². The van der Waals surface area contributed by atoms with Crippen LogP contribution in [0.3, 0.4) is 0 Å². The lowest BCUT2D eigenvalue weighted by molar-refractivity contribution is -0.192. The maximum Gasteiger partial charge on any atom is 0.353 e. The minimum Gasteiger partial charge on any atom is -0.481 e. The lowest BCUT2D eigenvalue weighted by Gasteiger charge is -2.55. The highest BCUT2D eigenvalue weighted by Crippen LogP contribution is 2.46. The number of methoxy groups -OCH3 is 1. The van der Waals surface area contributed by atoms with Gasteiger partial charge < -0.3 is 25.4 Å². The summed E-state index contributed by atoms with van der Waals surface area (Å²) in [4.78, 5) is 61.8. The highest BCUT2D eigenvalue weighted by Gasteiger charge is 2.67. The van der Waals surface area contributed by atoms with E-state index in [-0.39, 0.29) is 25.0 Å². The van der Waals surface area contributed by atoms with E-state index in [1.54, 1.807) is 0 Å². The van der Waals surface area contributed by atoms with Crippen LogP contribution in [-0.2, 0) is 28.7 Å². The van der Waals surface area contributed by atoms with Gasteiger partial charge in [-0.2, -0.15) is 0 Å². The van der Waals surface area contributed by atoms with Gasteiger partial charge in [0.1, 0.15) is 17.1 Å². The van der Waals surface area contributed by atoms with E-state index >= 15 is 0 Å². The Morgan fingerprint density at radius 1 is 1.37 bits per heavy atom. The number of carboxylic acid groups (broad SMARTS) is 3. The van der Waals surface area contributed by atoms with Crippen molar-refractivity contribution in [1.82, 2.24) is 10.2 Å². The van der Waals surface area contributed by atoms with Gasteiger partial charge in [-0.1, -0.05) is 5.11 Å². The van der Waals surface area contributed by atoms with E-state index < -0.39 is 58.1 Å². The molecule has 0 aromatic heterocycles. The number of nitrogens with one attached hydrogen (secondary N) is 1. The van der Waals surface area contributed by atoms with E-state index in [0.717, 1.165) is 23.8 Å². The normalized spacial score (nSPS) is 23.6. The Labute approximate surface area is 172 Å². The maximum absolute atomic E-state index is 12.7. The summed E-state index contributed by atoms with van der Waals surface area (Å²) in [5.41, 5.74) is 5.32. The molecule has 3 atom stereocenters. The van der Waals surface area contributed by atoms with Crippen LogP contribution in [-0.4, -0.2) is 79.9 Å². The number of rotatable bonds is 10. The van der Waals surface area contributed by atoms with E-state index in [4.69, 9.17) is 15.4 Å². The second kappa shape index (κ2) is 9.02. The Bertz CT molecular complexity index is 882. The standard InChI is InChI=1S/C15H17N5O9S/c1-29-15(17-8(21)4-2-3-7(11(24)25)18-19-16)13(28)20-9(12(26)27)6(10(22)23)5-30-14(15)20/h7,14H,2-5H2,1H3,(H,17,21)(H,22,23)(H,24,25)(H,26,27)/t7-,14?,15?/m1/s1. The minimum atomic E-state index is -1.89. The van der Waals surface area contributed by atoms with Crippen LogP contribution < -0.4 is 5.32 Å². The van der Waals surface area contributed by atoms with Gasteiger partial charge in [-0.3, -0.25) is 19.3 Å². The zero-order valence-electron chi connectivity index (χ0n) is 15.5. The topological polar surface area (TPSA) is 219 Å². The van der Waals surface area contributed by atoms with Crippen LogP contribution >= 0.6 is 11.8 Å². The summed E-state index contributed by atoms with van der Waals surface area (Å²) < 4.78 is 5.19. The van der Waals surface area contributed by atoms with Gasteiger partial charge in [0, 0.05) is 24.2 Å². The SMILES string of the molecule is COC1(NC(=O)CCC[C@@H](N=[N+]=[N-])C(=O)O)C(=O)N2C(C(=O)O)=C(C(=O)O)CSC21. The summed E-state index contributed by atoms with van der Waals surface area (Å²) in [7, 11) is 1.13. The molecule has 14 nitrogen and oxygen atoms in total. The van der Waals surface area contributed by atoms with Crippen LogP contribution in [0.2, 0.25) is 0 Å². The van der Waals surface area contributed by atoms with Crippen molar-refractivity contribution in [2.45, 2.75) is 36.4 Å². The molecule has 2 unspecified atom stereocenters. The molecule has 0 saturated carbocycles. The fourth-order valence-corrected chi connectivity index (χ4v) is 4.49. The molecule has 1 fully saturated rings. The second-order valence-corrected chi connectivity index (χ2v) is 7.28. The monoisotopic (exact) mass is 443 g/mol. The number of carbonyl (C=O) groups is 5. The van der Waals surface area contributed by atoms with Crippen molar-refractivity contribution in [1.29, 1.82) is 0 Å². The Balaban J connectivity index is 2.11. The molecule has 0 aliphatic carbocycles. The molecule has 30 heavy (non-hydrogen) atoms. The molecule has 162 valence electrons. The summed E-state index contributed by atoms with van der Waals surface area (Å²) >= 11 is 0.918. The molecule has 2 heterocycles. The molecule has 0 aromatic carbocycles. The van der Waals surface area contributed by atoms with Crippen molar-refractivity contribution in [2.75, 3.05) is 12.9 Å². The van der Waals surface area contributed by atoms with Crippen molar-refractivity contribution in [3.05, 3.63) is 21.7 Å². The third-order valence-corrected chi connectivity index (χ3v) is 5.81. The number of aliphatic carboxylic acids is 3. The molecular formula is C15H17N5O9S. The summed E-state index contributed by atoms with van der Waals surface area (Å²) in [6.45, 7) is 0. The third kappa shape index (κ3) is 4.03. The van der Waals surface area contributed by atoms with Crippen molar-refractivity contribution >= 4 is 41.5 Å². The van der Waals surface area contributed by atoms with Crippen LogP contribution in [0.5, 0.6) is 0 Å². The molecule has 4 N–H and O–H groups in total. The number of fused-ring (bicyclic) bond motifs is 1. The molecule has 2 amide bonds. The molecule has 0 spiro atoms. The number of hydrogen-bond acceptors (Lipinski definition) is 8. The van der Waals surface area contributed by atoms with Gasteiger partial charge >= 0.3 is 17.9 Å². The number of carboxylic acids is 3. The van der Waals surface area contributed by atoms with Crippen molar-refractivity contribution in [3.63, 3.8) is 0 Å². The third-order valence-electron chi connectivity index (χ3n) is 4.50. The van der Waals surface area contributed by atoms with Crippen LogP contribution in [0, 0.1) is 0 Å². The smallest absolute Gasteiger partial charge is 0.353 e. The van der Waals surface area contributed by atoms with Crippen LogP contribution in [0.4, 0.5) is 0 Å². The number of nitrogens with zero attached hydrogens (tertiary/aromatic N) is 4. The highest BCUT2D eigenvalue weighted by atomic mass is 32.2. The van der Waals surface area contributed by atoms with Gasteiger partial charge in [0.15, 0.2) is 0 Å². The van der Waals surface area contributed by atoms with Crippen LogP contribution in [0.1, 0.15) is 19.3 Å². The fourth-order valence-electron chi connectivity index (χ4n) is 3.06. The first-order valence-electron chi connectivity index (χ1n) is 8.38.